The summed E-state index contributed by atoms with van der Waals surface area (Å²) in [5, 5.41) is 12.1. The number of phenolic OH excluding ortho intramolecular Hbond substituents is 1. The van der Waals surface area contributed by atoms with Gasteiger partial charge in [0.1, 0.15) is 5.75 Å². The van der Waals surface area contributed by atoms with Crippen LogP contribution in [-0.2, 0) is 10.2 Å². The quantitative estimate of drug-likeness (QED) is 0.577. The second-order valence-corrected chi connectivity index (χ2v) is 6.43. The molecule has 0 aliphatic rings. The van der Waals surface area contributed by atoms with Gasteiger partial charge in [-0.15, -0.1) is 11.6 Å². The summed E-state index contributed by atoms with van der Waals surface area (Å²) in [5.41, 5.74) is 2.67. The predicted molar refractivity (Wildman–Crippen MR) is 97.0 cm³/mol. The molecule has 0 fully saturated rings. The minimum absolute atomic E-state index is 0.215. The Morgan fingerprint density at radius 2 is 1.62 bits per heavy atom. The van der Waals surface area contributed by atoms with Crippen LogP contribution in [0.1, 0.15) is 31.4 Å². The number of alkyl halides is 1. The lowest BCUT2D eigenvalue weighted by Crippen LogP contribution is -2.19. The van der Waals surface area contributed by atoms with Crippen LogP contribution in [0, 0.1) is 0 Å². The highest BCUT2D eigenvalue weighted by molar-refractivity contribution is 6.17. The van der Waals surface area contributed by atoms with Gasteiger partial charge in [-0.3, -0.25) is 5.32 Å². The Labute approximate surface area is 147 Å². The van der Waals surface area contributed by atoms with Gasteiger partial charge in [0, 0.05) is 17.0 Å². The average Bonchev–Trinajstić information content (AvgIpc) is 2.56. The van der Waals surface area contributed by atoms with Crippen molar-refractivity contribution >= 4 is 23.4 Å². The first-order valence-electron chi connectivity index (χ1n) is 7.83. The Morgan fingerprint density at radius 1 is 1.08 bits per heavy atom. The highest BCUT2D eigenvalue weighted by Crippen LogP contribution is 2.32. The zero-order valence-electron chi connectivity index (χ0n) is 13.9. The zero-order chi connectivity index (χ0) is 17.6. The molecule has 0 atom stereocenters. The number of phenols is 1. The van der Waals surface area contributed by atoms with E-state index in [-0.39, 0.29) is 11.2 Å². The molecule has 0 aromatic heterocycles. The van der Waals surface area contributed by atoms with Crippen LogP contribution in [0.2, 0.25) is 0 Å². The molecule has 2 aromatic carbocycles. The second kappa shape index (κ2) is 8.06. The van der Waals surface area contributed by atoms with Crippen molar-refractivity contribution in [1.82, 2.24) is 0 Å². The van der Waals surface area contributed by atoms with Crippen molar-refractivity contribution in [1.29, 1.82) is 0 Å². The van der Waals surface area contributed by atoms with Crippen molar-refractivity contribution in [2.75, 3.05) is 17.8 Å². The molecule has 0 radical (unpaired) electrons. The van der Waals surface area contributed by atoms with Crippen LogP contribution in [0.25, 0.3) is 0 Å². The molecule has 2 N–H and O–H groups in total. The molecule has 2 rings (SSSR count). The highest BCUT2D eigenvalue weighted by atomic mass is 35.5. The van der Waals surface area contributed by atoms with Crippen LogP contribution in [0.15, 0.2) is 48.5 Å². The summed E-state index contributed by atoms with van der Waals surface area (Å²) in [4.78, 5) is 11.6. The number of halogens is 1. The number of hydrogen-bond donors (Lipinski definition) is 2. The molecule has 0 unspecified atom stereocenters. The van der Waals surface area contributed by atoms with Crippen LogP contribution in [0.3, 0.4) is 0 Å². The summed E-state index contributed by atoms with van der Waals surface area (Å²) in [6.45, 7) is 4.53. The molecule has 2 aromatic rings. The third kappa shape index (κ3) is 4.65. The molecule has 0 aliphatic carbocycles. The molecule has 0 heterocycles. The van der Waals surface area contributed by atoms with Crippen molar-refractivity contribution in [2.24, 2.45) is 0 Å². The normalized spacial score (nSPS) is 11.1. The zero-order valence-corrected chi connectivity index (χ0v) is 14.6. The molecule has 0 aliphatic heterocycles. The van der Waals surface area contributed by atoms with Gasteiger partial charge in [0.15, 0.2) is 0 Å². The summed E-state index contributed by atoms with van der Waals surface area (Å²) in [6.07, 6.45) is 0.153. The average molecular weight is 348 g/mol. The van der Waals surface area contributed by atoms with Gasteiger partial charge in [-0.2, -0.15) is 0 Å². The van der Waals surface area contributed by atoms with E-state index in [0.717, 1.165) is 11.1 Å². The summed E-state index contributed by atoms with van der Waals surface area (Å²) in [6, 6.07) is 14.8. The maximum absolute atomic E-state index is 11.6. The SMILES string of the molecule is CC(C)(c1ccc(O)cc1)c1ccc(NC(=O)OCCCCl)cc1. The molecule has 0 bridgehead atoms. The highest BCUT2D eigenvalue weighted by Gasteiger charge is 2.23. The van der Waals surface area contributed by atoms with E-state index in [2.05, 4.69) is 19.2 Å². The van der Waals surface area contributed by atoms with Crippen molar-refractivity contribution in [3.63, 3.8) is 0 Å². The number of carbonyl (C=O) groups excluding carboxylic acids is 1. The fraction of sp³-hybridized carbons (Fsp3) is 0.316. The molecule has 0 saturated heterocycles. The first-order valence-corrected chi connectivity index (χ1v) is 8.37. The van der Waals surface area contributed by atoms with Crippen LogP contribution in [-0.4, -0.2) is 23.7 Å². The summed E-state index contributed by atoms with van der Waals surface area (Å²) in [7, 11) is 0. The second-order valence-electron chi connectivity index (χ2n) is 6.05. The van der Waals surface area contributed by atoms with E-state index in [9.17, 15) is 9.90 Å². The van der Waals surface area contributed by atoms with E-state index < -0.39 is 6.09 Å². The van der Waals surface area contributed by atoms with E-state index in [0.29, 0.717) is 24.6 Å². The maximum atomic E-state index is 11.6. The van der Waals surface area contributed by atoms with E-state index in [1.807, 2.05) is 36.4 Å². The Hall–Kier alpha value is -2.20. The van der Waals surface area contributed by atoms with Gasteiger partial charge in [-0.25, -0.2) is 4.79 Å². The van der Waals surface area contributed by atoms with Crippen molar-refractivity contribution in [2.45, 2.75) is 25.7 Å². The van der Waals surface area contributed by atoms with E-state index >= 15 is 0 Å². The van der Waals surface area contributed by atoms with E-state index in [1.54, 1.807) is 12.1 Å². The van der Waals surface area contributed by atoms with E-state index in [1.165, 1.54) is 0 Å². The van der Waals surface area contributed by atoms with Crippen LogP contribution >= 0.6 is 11.6 Å². The molecule has 24 heavy (non-hydrogen) atoms. The van der Waals surface area contributed by atoms with Gasteiger partial charge in [0.25, 0.3) is 0 Å². The monoisotopic (exact) mass is 347 g/mol. The molecule has 4 nitrogen and oxygen atoms in total. The third-order valence-corrected chi connectivity index (χ3v) is 4.22. The number of anilines is 1. The molecular formula is C19H22ClNO3. The number of hydrogen-bond acceptors (Lipinski definition) is 3. The van der Waals surface area contributed by atoms with Crippen molar-refractivity contribution < 1.29 is 14.6 Å². The van der Waals surface area contributed by atoms with Gasteiger partial charge < -0.3 is 9.84 Å². The van der Waals surface area contributed by atoms with Crippen molar-refractivity contribution in [3.8, 4) is 5.75 Å². The maximum Gasteiger partial charge on any atom is 0.411 e. The fourth-order valence-corrected chi connectivity index (χ4v) is 2.50. The number of ether oxygens (including phenoxy) is 1. The minimum Gasteiger partial charge on any atom is -0.508 e. The number of rotatable bonds is 6. The molecule has 0 spiro atoms. The lowest BCUT2D eigenvalue weighted by molar-refractivity contribution is 0.162. The lowest BCUT2D eigenvalue weighted by Gasteiger charge is -2.26. The minimum atomic E-state index is -0.481. The van der Waals surface area contributed by atoms with Gasteiger partial charge in [-0.1, -0.05) is 38.1 Å². The molecule has 0 saturated carbocycles. The number of nitrogens with one attached hydrogen (secondary N) is 1. The predicted octanol–water partition coefficient (Wildman–Crippen LogP) is 4.90. The Morgan fingerprint density at radius 3 is 2.17 bits per heavy atom. The van der Waals surface area contributed by atoms with Gasteiger partial charge in [0.05, 0.1) is 6.61 Å². The molecular weight excluding hydrogens is 326 g/mol. The number of amides is 1. The largest absolute Gasteiger partial charge is 0.508 e. The lowest BCUT2D eigenvalue weighted by atomic mass is 9.78. The van der Waals surface area contributed by atoms with Crippen molar-refractivity contribution in [3.05, 3.63) is 59.7 Å². The summed E-state index contributed by atoms with van der Waals surface area (Å²) in [5.74, 6) is 0.718. The smallest absolute Gasteiger partial charge is 0.411 e. The molecule has 5 heteroatoms. The Balaban J connectivity index is 2.05. The summed E-state index contributed by atoms with van der Waals surface area (Å²) < 4.78 is 5.01. The number of carbonyl (C=O) groups is 1. The summed E-state index contributed by atoms with van der Waals surface area (Å²) >= 11 is 5.54. The fourth-order valence-electron chi connectivity index (χ4n) is 2.39. The number of benzene rings is 2. The first kappa shape index (κ1) is 18.1. The molecule has 1 amide bonds. The van der Waals surface area contributed by atoms with Gasteiger partial charge in [-0.05, 0) is 41.8 Å². The topological polar surface area (TPSA) is 58.6 Å². The third-order valence-electron chi connectivity index (χ3n) is 3.95. The molecule has 128 valence electrons. The van der Waals surface area contributed by atoms with Crippen LogP contribution in [0.5, 0.6) is 5.75 Å². The first-order chi connectivity index (χ1) is 11.4. The van der Waals surface area contributed by atoms with Crippen LogP contribution in [0.4, 0.5) is 10.5 Å². The van der Waals surface area contributed by atoms with E-state index in [4.69, 9.17) is 16.3 Å². The Bertz CT molecular complexity index is 666. The van der Waals surface area contributed by atoms with Gasteiger partial charge in [0.2, 0.25) is 0 Å². The Kier molecular flexibility index (Phi) is 6.10. The van der Waals surface area contributed by atoms with Crippen LogP contribution < -0.4 is 5.32 Å². The number of aromatic hydroxyl groups is 1. The standard InChI is InChI=1S/C19H22ClNO3/c1-19(2,15-6-10-17(22)11-7-15)14-4-8-16(9-5-14)21-18(23)24-13-3-12-20/h4-11,22H,3,12-13H2,1-2H3,(H,21,23). The van der Waals surface area contributed by atoms with Gasteiger partial charge >= 0.3 is 6.09 Å².